The van der Waals surface area contributed by atoms with E-state index >= 15 is 0 Å². The van der Waals surface area contributed by atoms with Crippen LogP contribution in [0.3, 0.4) is 0 Å². The second-order valence-corrected chi connectivity index (χ2v) is 8.62. The molecule has 0 saturated carbocycles. The highest BCUT2D eigenvalue weighted by Crippen LogP contribution is 2.22. The van der Waals surface area contributed by atoms with Gasteiger partial charge in [-0.2, -0.15) is 0 Å². The summed E-state index contributed by atoms with van der Waals surface area (Å²) < 4.78 is 1.84. The van der Waals surface area contributed by atoms with Crippen molar-refractivity contribution in [3.8, 4) is 5.69 Å². The summed E-state index contributed by atoms with van der Waals surface area (Å²) >= 11 is 1.29. The number of likely N-dealkylation sites (N-methyl/N-ethyl adjacent to an activating group) is 1. The number of rotatable bonds is 7. The Bertz CT molecular complexity index is 1070. The van der Waals surface area contributed by atoms with Gasteiger partial charge in [-0.15, -0.1) is 10.2 Å². The molecular formula is C23H27N5O2S. The minimum atomic E-state index is -0.223. The minimum Gasteiger partial charge on any atom is -0.336 e. The van der Waals surface area contributed by atoms with E-state index < -0.39 is 0 Å². The number of nitrogens with one attached hydrogen (secondary N) is 1. The monoisotopic (exact) mass is 437 g/mol. The molecule has 0 spiro atoms. The average molecular weight is 438 g/mol. The molecule has 8 heteroatoms. The maximum atomic E-state index is 12.6. The molecule has 0 radical (unpaired) electrons. The van der Waals surface area contributed by atoms with Crippen LogP contribution in [0.4, 0.5) is 5.69 Å². The Morgan fingerprint density at radius 3 is 2.32 bits per heavy atom. The van der Waals surface area contributed by atoms with E-state index in [0.29, 0.717) is 5.16 Å². The van der Waals surface area contributed by atoms with Crippen LogP contribution in [0, 0.1) is 27.7 Å². The number of aromatic nitrogens is 3. The topological polar surface area (TPSA) is 80.1 Å². The number of carbonyl (C=O) groups excluding carboxylic acids is 2. The molecule has 162 valence electrons. The molecule has 1 N–H and O–H groups in total. The first-order valence-corrected chi connectivity index (χ1v) is 10.9. The van der Waals surface area contributed by atoms with Crippen LogP contribution in [-0.2, 0) is 9.59 Å². The molecular weight excluding hydrogens is 410 g/mol. The lowest BCUT2D eigenvalue weighted by molar-refractivity contribution is -0.131. The molecule has 0 atom stereocenters. The van der Waals surface area contributed by atoms with Gasteiger partial charge in [0, 0.05) is 18.4 Å². The molecule has 3 aromatic rings. The van der Waals surface area contributed by atoms with Crippen LogP contribution in [0.2, 0.25) is 0 Å². The fourth-order valence-electron chi connectivity index (χ4n) is 3.30. The summed E-state index contributed by atoms with van der Waals surface area (Å²) in [5.74, 6) is -0.216. The fraction of sp³-hybridized carbons (Fsp3) is 0.304. The van der Waals surface area contributed by atoms with Gasteiger partial charge in [0.2, 0.25) is 11.8 Å². The maximum Gasteiger partial charge on any atom is 0.243 e. The fourth-order valence-corrected chi connectivity index (χ4v) is 4.17. The number of benzene rings is 2. The van der Waals surface area contributed by atoms with Crippen molar-refractivity contribution in [2.24, 2.45) is 0 Å². The number of aryl methyl sites for hydroxylation is 4. The molecule has 7 nitrogen and oxygen atoms in total. The summed E-state index contributed by atoms with van der Waals surface area (Å²) in [6.07, 6.45) is 1.63. The minimum absolute atomic E-state index is 0.0171. The van der Waals surface area contributed by atoms with Gasteiger partial charge in [-0.1, -0.05) is 47.2 Å². The third-order valence-corrected chi connectivity index (χ3v) is 5.83. The number of hydrogen-bond acceptors (Lipinski definition) is 5. The number of amides is 2. The van der Waals surface area contributed by atoms with Crippen LogP contribution in [0.1, 0.15) is 22.3 Å². The summed E-state index contributed by atoms with van der Waals surface area (Å²) in [6.45, 7) is 7.96. The van der Waals surface area contributed by atoms with Gasteiger partial charge in [-0.25, -0.2) is 0 Å². The predicted molar refractivity (Wildman–Crippen MR) is 124 cm³/mol. The zero-order valence-electron chi connectivity index (χ0n) is 18.5. The number of anilines is 1. The number of thioether (sulfide) groups is 1. The Balaban J connectivity index is 1.56. The third-order valence-electron chi connectivity index (χ3n) is 4.90. The van der Waals surface area contributed by atoms with E-state index in [1.54, 1.807) is 13.4 Å². The molecule has 31 heavy (non-hydrogen) atoms. The maximum absolute atomic E-state index is 12.6. The standard InChI is InChI=1S/C23H27N5O2S/c1-15-6-8-19(9-7-15)28-14-24-26-23(28)31-13-21(30)27(5)12-20(29)25-22-17(3)10-16(2)11-18(22)4/h6-11,14H,12-13H2,1-5H3,(H,25,29). The molecule has 1 heterocycles. The van der Waals surface area contributed by atoms with Gasteiger partial charge in [0.05, 0.1) is 12.3 Å². The summed E-state index contributed by atoms with van der Waals surface area (Å²) in [5, 5.41) is 11.6. The van der Waals surface area contributed by atoms with E-state index in [1.807, 2.05) is 68.7 Å². The lowest BCUT2D eigenvalue weighted by Crippen LogP contribution is -2.36. The van der Waals surface area contributed by atoms with Crippen molar-refractivity contribution < 1.29 is 9.59 Å². The van der Waals surface area contributed by atoms with Crippen molar-refractivity contribution >= 4 is 29.3 Å². The van der Waals surface area contributed by atoms with Gasteiger partial charge in [0.25, 0.3) is 0 Å². The molecule has 0 aliphatic rings. The molecule has 0 aliphatic heterocycles. The predicted octanol–water partition coefficient (Wildman–Crippen LogP) is 3.69. The zero-order valence-corrected chi connectivity index (χ0v) is 19.3. The van der Waals surface area contributed by atoms with Crippen molar-refractivity contribution in [2.75, 3.05) is 24.7 Å². The summed E-state index contributed by atoms with van der Waals surface area (Å²) in [7, 11) is 1.63. The average Bonchev–Trinajstić information content (AvgIpc) is 3.18. The van der Waals surface area contributed by atoms with Crippen LogP contribution in [0.25, 0.3) is 5.69 Å². The lowest BCUT2D eigenvalue weighted by Gasteiger charge is -2.18. The lowest BCUT2D eigenvalue weighted by atomic mass is 10.1. The van der Waals surface area contributed by atoms with Crippen LogP contribution < -0.4 is 5.32 Å². The Hall–Kier alpha value is -3.13. The van der Waals surface area contributed by atoms with E-state index in [1.165, 1.54) is 16.7 Å². The van der Waals surface area contributed by atoms with E-state index in [4.69, 9.17) is 0 Å². The first kappa shape index (κ1) is 22.6. The van der Waals surface area contributed by atoms with Crippen molar-refractivity contribution in [3.63, 3.8) is 0 Å². The first-order chi connectivity index (χ1) is 14.7. The van der Waals surface area contributed by atoms with Crippen molar-refractivity contribution in [1.29, 1.82) is 0 Å². The highest BCUT2D eigenvalue weighted by Gasteiger charge is 2.17. The molecule has 0 aliphatic carbocycles. The zero-order chi connectivity index (χ0) is 22.5. The molecule has 0 fully saturated rings. The van der Waals surface area contributed by atoms with Crippen molar-refractivity contribution in [2.45, 2.75) is 32.9 Å². The van der Waals surface area contributed by atoms with E-state index in [9.17, 15) is 9.59 Å². The van der Waals surface area contributed by atoms with E-state index in [2.05, 4.69) is 15.5 Å². The van der Waals surface area contributed by atoms with E-state index in [-0.39, 0.29) is 24.1 Å². The molecule has 0 unspecified atom stereocenters. The summed E-state index contributed by atoms with van der Waals surface area (Å²) in [6, 6.07) is 12.0. The number of hydrogen-bond donors (Lipinski definition) is 1. The Labute approximate surface area is 186 Å². The normalized spacial score (nSPS) is 10.7. The Morgan fingerprint density at radius 1 is 1.03 bits per heavy atom. The van der Waals surface area contributed by atoms with Gasteiger partial charge in [0.1, 0.15) is 6.33 Å². The van der Waals surface area contributed by atoms with Crippen LogP contribution >= 0.6 is 11.8 Å². The van der Waals surface area contributed by atoms with Gasteiger partial charge in [-0.05, 0) is 51.0 Å². The second-order valence-electron chi connectivity index (χ2n) is 7.68. The summed E-state index contributed by atoms with van der Waals surface area (Å²) in [5.41, 5.74) is 6.06. The number of carbonyl (C=O) groups is 2. The highest BCUT2D eigenvalue weighted by molar-refractivity contribution is 7.99. The smallest absolute Gasteiger partial charge is 0.243 e. The SMILES string of the molecule is Cc1ccc(-n2cnnc2SCC(=O)N(C)CC(=O)Nc2c(C)cc(C)cc2C)cc1. The second kappa shape index (κ2) is 9.78. The van der Waals surface area contributed by atoms with E-state index in [0.717, 1.165) is 33.6 Å². The van der Waals surface area contributed by atoms with Gasteiger partial charge >= 0.3 is 0 Å². The summed E-state index contributed by atoms with van der Waals surface area (Å²) in [4.78, 5) is 26.5. The molecule has 2 amide bonds. The van der Waals surface area contributed by atoms with Gasteiger partial charge in [0.15, 0.2) is 5.16 Å². The van der Waals surface area contributed by atoms with Crippen LogP contribution in [0.5, 0.6) is 0 Å². The molecule has 0 saturated heterocycles. The Morgan fingerprint density at radius 2 is 1.68 bits per heavy atom. The Kier molecular flexibility index (Phi) is 7.12. The molecule has 2 aromatic carbocycles. The molecule has 3 rings (SSSR count). The molecule has 1 aromatic heterocycles. The molecule has 0 bridgehead atoms. The third kappa shape index (κ3) is 5.73. The van der Waals surface area contributed by atoms with Gasteiger partial charge in [-0.3, -0.25) is 14.2 Å². The van der Waals surface area contributed by atoms with Crippen LogP contribution in [0.15, 0.2) is 47.9 Å². The number of nitrogens with zero attached hydrogens (tertiary/aromatic N) is 4. The van der Waals surface area contributed by atoms with Crippen molar-refractivity contribution in [1.82, 2.24) is 19.7 Å². The quantitative estimate of drug-likeness (QED) is 0.570. The first-order valence-electron chi connectivity index (χ1n) is 9.96. The van der Waals surface area contributed by atoms with Gasteiger partial charge < -0.3 is 10.2 Å². The van der Waals surface area contributed by atoms with Crippen LogP contribution in [-0.4, -0.2) is 50.8 Å². The largest absolute Gasteiger partial charge is 0.336 e. The van der Waals surface area contributed by atoms with Crippen molar-refractivity contribution in [3.05, 3.63) is 65.0 Å². The highest BCUT2D eigenvalue weighted by atomic mass is 32.2.